The fourth-order valence-electron chi connectivity index (χ4n) is 3.03. The number of rotatable bonds is 1. The van der Waals surface area contributed by atoms with E-state index in [1.54, 1.807) is 0 Å². The number of aliphatic hydroxyl groups excluding tert-OH is 1. The van der Waals surface area contributed by atoms with Gasteiger partial charge in [0.15, 0.2) is 0 Å². The quantitative estimate of drug-likeness (QED) is 0.773. The standard InChI is InChI=1S/C14H18NO/c16-14-6-5-13(9-14)15-8-7-11-3-1-2-4-12(11)10-15/h1,3-4,13-14,16H,5-10H2/t13-,14-/m1/s1. The number of nitrogens with zero attached hydrogens (tertiary/aromatic N) is 1. The summed E-state index contributed by atoms with van der Waals surface area (Å²) >= 11 is 0. The van der Waals surface area contributed by atoms with Crippen LogP contribution in [0.2, 0.25) is 0 Å². The summed E-state index contributed by atoms with van der Waals surface area (Å²) in [4.78, 5) is 2.53. The molecule has 0 spiro atoms. The van der Waals surface area contributed by atoms with E-state index in [1.807, 2.05) is 6.07 Å². The van der Waals surface area contributed by atoms with E-state index in [0.29, 0.717) is 6.04 Å². The molecule has 0 bridgehead atoms. The van der Waals surface area contributed by atoms with Crippen LogP contribution >= 0.6 is 0 Å². The first-order chi connectivity index (χ1) is 7.83. The van der Waals surface area contributed by atoms with Crippen LogP contribution in [0.25, 0.3) is 0 Å². The Morgan fingerprint density at radius 3 is 3.06 bits per heavy atom. The van der Waals surface area contributed by atoms with E-state index in [0.717, 1.165) is 38.8 Å². The van der Waals surface area contributed by atoms with Crippen LogP contribution in [0.4, 0.5) is 0 Å². The van der Waals surface area contributed by atoms with Crippen LogP contribution in [-0.2, 0) is 13.0 Å². The van der Waals surface area contributed by atoms with E-state index in [4.69, 9.17) is 0 Å². The van der Waals surface area contributed by atoms with Crippen molar-refractivity contribution in [3.8, 4) is 0 Å². The molecule has 2 aliphatic rings. The van der Waals surface area contributed by atoms with Crippen molar-refractivity contribution in [2.24, 2.45) is 0 Å². The third-order valence-electron chi connectivity index (χ3n) is 3.99. The maximum atomic E-state index is 9.59. The van der Waals surface area contributed by atoms with Crippen molar-refractivity contribution in [2.45, 2.75) is 44.4 Å². The lowest BCUT2D eigenvalue weighted by molar-refractivity contribution is 0.143. The molecule has 2 nitrogen and oxygen atoms in total. The van der Waals surface area contributed by atoms with E-state index >= 15 is 0 Å². The van der Waals surface area contributed by atoms with E-state index in [-0.39, 0.29) is 6.10 Å². The molecule has 1 radical (unpaired) electrons. The Labute approximate surface area is 96.9 Å². The van der Waals surface area contributed by atoms with Crippen molar-refractivity contribution in [1.82, 2.24) is 4.90 Å². The minimum atomic E-state index is -0.0614. The average molecular weight is 216 g/mol. The Morgan fingerprint density at radius 2 is 2.25 bits per heavy atom. The van der Waals surface area contributed by atoms with Gasteiger partial charge in [0.1, 0.15) is 0 Å². The summed E-state index contributed by atoms with van der Waals surface area (Å²) in [5, 5.41) is 9.59. The number of benzene rings is 1. The van der Waals surface area contributed by atoms with Crippen LogP contribution in [0.15, 0.2) is 18.2 Å². The first-order valence-electron chi connectivity index (χ1n) is 6.23. The molecule has 16 heavy (non-hydrogen) atoms. The van der Waals surface area contributed by atoms with Crippen LogP contribution in [0.1, 0.15) is 30.4 Å². The average Bonchev–Trinajstić information content (AvgIpc) is 2.75. The highest BCUT2D eigenvalue weighted by Gasteiger charge is 2.29. The van der Waals surface area contributed by atoms with Gasteiger partial charge >= 0.3 is 0 Å². The second-order valence-corrected chi connectivity index (χ2v) is 5.04. The maximum Gasteiger partial charge on any atom is 0.0555 e. The maximum absolute atomic E-state index is 9.59. The van der Waals surface area contributed by atoms with Gasteiger partial charge in [0.25, 0.3) is 0 Å². The van der Waals surface area contributed by atoms with Crippen molar-refractivity contribution in [3.05, 3.63) is 35.4 Å². The zero-order valence-electron chi connectivity index (χ0n) is 9.52. The van der Waals surface area contributed by atoms with Gasteiger partial charge in [-0.1, -0.05) is 12.1 Å². The van der Waals surface area contributed by atoms with Crippen molar-refractivity contribution in [1.29, 1.82) is 0 Å². The molecule has 1 aliphatic heterocycles. The minimum absolute atomic E-state index is 0.0614. The third-order valence-corrected chi connectivity index (χ3v) is 3.99. The fraction of sp³-hybridized carbons (Fsp3) is 0.571. The molecule has 0 aromatic heterocycles. The SMILES string of the molecule is O[C@@H]1CC[C@@H](N2CCc3cc[c]cc3C2)C1. The van der Waals surface area contributed by atoms with Gasteiger partial charge in [0.05, 0.1) is 6.10 Å². The largest absolute Gasteiger partial charge is 0.393 e. The van der Waals surface area contributed by atoms with E-state index in [9.17, 15) is 5.11 Å². The molecule has 1 N–H and O–H groups in total. The molecule has 1 heterocycles. The normalized spacial score (nSPS) is 30.3. The lowest BCUT2D eigenvalue weighted by atomic mass is 9.98. The predicted molar refractivity (Wildman–Crippen MR) is 63.0 cm³/mol. The van der Waals surface area contributed by atoms with Gasteiger partial charge in [-0.3, -0.25) is 4.90 Å². The molecule has 1 saturated carbocycles. The number of hydrogen-bond acceptors (Lipinski definition) is 2. The van der Waals surface area contributed by atoms with Crippen LogP contribution in [0.3, 0.4) is 0 Å². The smallest absolute Gasteiger partial charge is 0.0555 e. The molecule has 2 atom stereocenters. The molecule has 1 aliphatic carbocycles. The van der Waals surface area contributed by atoms with Crippen LogP contribution < -0.4 is 0 Å². The molecule has 2 heteroatoms. The monoisotopic (exact) mass is 216 g/mol. The summed E-state index contributed by atoms with van der Waals surface area (Å²) < 4.78 is 0. The van der Waals surface area contributed by atoms with Gasteiger partial charge in [0.2, 0.25) is 0 Å². The van der Waals surface area contributed by atoms with E-state index in [2.05, 4.69) is 23.1 Å². The number of fused-ring (bicyclic) bond motifs is 1. The summed E-state index contributed by atoms with van der Waals surface area (Å²) in [6.45, 7) is 2.19. The Morgan fingerprint density at radius 1 is 1.31 bits per heavy atom. The van der Waals surface area contributed by atoms with Crippen molar-refractivity contribution < 1.29 is 5.11 Å². The third kappa shape index (κ3) is 1.87. The Kier molecular flexibility index (Phi) is 2.70. The van der Waals surface area contributed by atoms with Crippen molar-refractivity contribution in [2.75, 3.05) is 6.54 Å². The Hall–Kier alpha value is -0.860. The molecule has 1 aromatic carbocycles. The second-order valence-electron chi connectivity index (χ2n) is 5.04. The van der Waals surface area contributed by atoms with Crippen LogP contribution in [0, 0.1) is 6.07 Å². The number of aliphatic hydroxyl groups is 1. The zero-order valence-corrected chi connectivity index (χ0v) is 9.52. The van der Waals surface area contributed by atoms with Gasteiger partial charge in [0, 0.05) is 19.1 Å². The van der Waals surface area contributed by atoms with E-state index in [1.165, 1.54) is 11.1 Å². The summed E-state index contributed by atoms with van der Waals surface area (Å²) in [6.07, 6.45) is 4.19. The summed E-state index contributed by atoms with van der Waals surface area (Å²) in [5.41, 5.74) is 2.91. The summed E-state index contributed by atoms with van der Waals surface area (Å²) in [6, 6.07) is 10.1. The van der Waals surface area contributed by atoms with E-state index < -0.39 is 0 Å². The molecule has 0 saturated heterocycles. The predicted octanol–water partition coefficient (Wildman–Crippen LogP) is 1.76. The van der Waals surface area contributed by atoms with Gasteiger partial charge in [-0.15, -0.1) is 0 Å². The molecule has 0 amide bonds. The molecule has 1 fully saturated rings. The first-order valence-corrected chi connectivity index (χ1v) is 6.23. The lowest BCUT2D eigenvalue weighted by Crippen LogP contribution is -2.38. The highest BCUT2D eigenvalue weighted by atomic mass is 16.3. The number of hydrogen-bond donors (Lipinski definition) is 1. The topological polar surface area (TPSA) is 23.5 Å². The molecule has 0 unspecified atom stereocenters. The Bertz CT molecular complexity index is 377. The molecule has 85 valence electrons. The summed E-state index contributed by atoms with van der Waals surface area (Å²) in [7, 11) is 0. The molecular weight excluding hydrogens is 198 g/mol. The van der Waals surface area contributed by atoms with Gasteiger partial charge in [-0.05, 0) is 48.9 Å². The van der Waals surface area contributed by atoms with Gasteiger partial charge < -0.3 is 5.11 Å². The van der Waals surface area contributed by atoms with Crippen LogP contribution in [-0.4, -0.2) is 28.7 Å². The highest BCUT2D eigenvalue weighted by Crippen LogP contribution is 2.28. The Balaban J connectivity index is 1.73. The second kappa shape index (κ2) is 4.19. The summed E-state index contributed by atoms with van der Waals surface area (Å²) in [5.74, 6) is 0. The van der Waals surface area contributed by atoms with Gasteiger partial charge in [-0.25, -0.2) is 0 Å². The highest BCUT2D eigenvalue weighted by molar-refractivity contribution is 5.28. The molecule has 3 rings (SSSR count). The lowest BCUT2D eigenvalue weighted by Gasteiger charge is -2.33. The first kappa shape index (κ1) is 10.3. The zero-order chi connectivity index (χ0) is 11.0. The van der Waals surface area contributed by atoms with Crippen molar-refractivity contribution >= 4 is 0 Å². The molecular formula is C14H18NO. The van der Waals surface area contributed by atoms with Gasteiger partial charge in [-0.2, -0.15) is 0 Å². The van der Waals surface area contributed by atoms with Crippen LogP contribution in [0.5, 0.6) is 0 Å². The fourth-order valence-corrected chi connectivity index (χ4v) is 3.03. The van der Waals surface area contributed by atoms with Crippen molar-refractivity contribution in [3.63, 3.8) is 0 Å². The minimum Gasteiger partial charge on any atom is -0.393 e. The molecule has 1 aromatic rings.